The molecule has 1 aromatic carbocycles. The van der Waals surface area contributed by atoms with Crippen LogP contribution >= 0.6 is 15.9 Å². The average molecular weight is 350 g/mol. The molecule has 0 unspecified atom stereocenters. The lowest BCUT2D eigenvalue weighted by atomic mass is 10.2. The number of benzene rings is 1. The van der Waals surface area contributed by atoms with Crippen LogP contribution in [0.15, 0.2) is 34.9 Å². The Morgan fingerprint density at radius 1 is 1.29 bits per heavy atom. The molecular formula is C15H16BrN3O2. The van der Waals surface area contributed by atoms with Crippen molar-refractivity contribution in [2.75, 3.05) is 24.8 Å². The van der Waals surface area contributed by atoms with Gasteiger partial charge in [-0.2, -0.15) is 0 Å². The summed E-state index contributed by atoms with van der Waals surface area (Å²) in [5.74, 6) is 0.435. The highest BCUT2D eigenvalue weighted by Crippen LogP contribution is 2.28. The maximum Gasteiger partial charge on any atom is 0.259 e. The molecule has 1 amide bonds. The molecule has 5 nitrogen and oxygen atoms in total. The third-order valence-corrected chi connectivity index (χ3v) is 3.67. The zero-order valence-corrected chi connectivity index (χ0v) is 13.6. The topological polar surface area (TPSA) is 63.2 Å². The lowest BCUT2D eigenvalue weighted by Gasteiger charge is -2.12. The van der Waals surface area contributed by atoms with Crippen molar-refractivity contribution < 1.29 is 9.53 Å². The molecule has 0 saturated heterocycles. The molecule has 0 aliphatic rings. The van der Waals surface area contributed by atoms with Gasteiger partial charge in [0.2, 0.25) is 0 Å². The van der Waals surface area contributed by atoms with Gasteiger partial charge in [0.1, 0.15) is 5.75 Å². The van der Waals surface area contributed by atoms with Crippen LogP contribution in [0.25, 0.3) is 0 Å². The van der Waals surface area contributed by atoms with Gasteiger partial charge < -0.3 is 15.4 Å². The summed E-state index contributed by atoms with van der Waals surface area (Å²) < 4.78 is 5.94. The fourth-order valence-electron chi connectivity index (χ4n) is 1.86. The number of carbonyl (C=O) groups is 1. The largest absolute Gasteiger partial charge is 0.497 e. The van der Waals surface area contributed by atoms with Crippen molar-refractivity contribution in [1.29, 1.82) is 0 Å². The molecule has 1 aromatic heterocycles. The number of anilines is 2. The SMILES string of the molecule is CNc1cc(C)ncc1C(=O)Nc1cc(OC)ccc1Br. The highest BCUT2D eigenvalue weighted by atomic mass is 79.9. The third-order valence-electron chi connectivity index (χ3n) is 2.98. The summed E-state index contributed by atoms with van der Waals surface area (Å²) in [6.45, 7) is 1.88. The highest BCUT2D eigenvalue weighted by Gasteiger charge is 2.13. The van der Waals surface area contributed by atoms with Crippen molar-refractivity contribution in [2.45, 2.75) is 6.92 Å². The van der Waals surface area contributed by atoms with Crippen LogP contribution < -0.4 is 15.4 Å². The van der Waals surface area contributed by atoms with E-state index in [0.717, 1.165) is 15.9 Å². The van der Waals surface area contributed by atoms with Gasteiger partial charge >= 0.3 is 0 Å². The summed E-state index contributed by atoms with van der Waals surface area (Å²) >= 11 is 3.41. The van der Waals surface area contributed by atoms with E-state index in [1.165, 1.54) is 0 Å². The second-order valence-electron chi connectivity index (χ2n) is 4.42. The highest BCUT2D eigenvalue weighted by molar-refractivity contribution is 9.10. The Bertz CT molecular complexity index is 674. The number of aryl methyl sites for hydroxylation is 1. The minimum atomic E-state index is -0.235. The molecule has 0 spiro atoms. The number of carbonyl (C=O) groups excluding carboxylic acids is 1. The third kappa shape index (κ3) is 3.52. The fraction of sp³-hybridized carbons (Fsp3) is 0.200. The number of halogens is 1. The molecule has 0 aliphatic carbocycles. The fourth-order valence-corrected chi connectivity index (χ4v) is 2.21. The Balaban J connectivity index is 2.30. The number of ether oxygens (including phenoxy) is 1. The van der Waals surface area contributed by atoms with Gasteiger partial charge in [-0.05, 0) is 41.1 Å². The van der Waals surface area contributed by atoms with E-state index in [0.29, 0.717) is 17.0 Å². The van der Waals surface area contributed by atoms with Gasteiger partial charge in [0, 0.05) is 29.5 Å². The number of pyridine rings is 1. The number of nitrogens with one attached hydrogen (secondary N) is 2. The quantitative estimate of drug-likeness (QED) is 0.887. The monoisotopic (exact) mass is 349 g/mol. The van der Waals surface area contributed by atoms with Crippen LogP contribution in [-0.4, -0.2) is 25.0 Å². The number of hydrogen-bond acceptors (Lipinski definition) is 4. The lowest BCUT2D eigenvalue weighted by Crippen LogP contribution is -2.15. The first kappa shape index (κ1) is 15.3. The average Bonchev–Trinajstić information content (AvgIpc) is 2.49. The maximum absolute atomic E-state index is 12.4. The maximum atomic E-state index is 12.4. The standard InChI is InChI=1S/C15H16BrN3O2/c1-9-6-13(17-2)11(8-18-9)15(20)19-14-7-10(21-3)4-5-12(14)16/h4-8H,1-3H3,(H,17,18)(H,19,20). The van der Waals surface area contributed by atoms with Gasteiger partial charge in [-0.15, -0.1) is 0 Å². The van der Waals surface area contributed by atoms with Crippen LogP contribution in [0.4, 0.5) is 11.4 Å². The molecule has 2 N–H and O–H groups in total. The zero-order chi connectivity index (χ0) is 15.4. The van der Waals surface area contributed by atoms with E-state index in [2.05, 4.69) is 31.5 Å². The normalized spacial score (nSPS) is 10.1. The smallest absolute Gasteiger partial charge is 0.259 e. The predicted molar refractivity (Wildman–Crippen MR) is 87.2 cm³/mol. The Labute approximate surface area is 131 Å². The van der Waals surface area contributed by atoms with E-state index in [9.17, 15) is 4.79 Å². The summed E-state index contributed by atoms with van der Waals surface area (Å²) in [5, 5.41) is 5.85. The van der Waals surface area contributed by atoms with Gasteiger partial charge in [-0.1, -0.05) is 0 Å². The Kier molecular flexibility index (Phi) is 4.80. The molecule has 2 aromatic rings. The second kappa shape index (κ2) is 6.58. The van der Waals surface area contributed by atoms with Gasteiger partial charge in [-0.25, -0.2) is 0 Å². The second-order valence-corrected chi connectivity index (χ2v) is 5.28. The van der Waals surface area contributed by atoms with E-state index < -0.39 is 0 Å². The van der Waals surface area contributed by atoms with Gasteiger partial charge in [0.25, 0.3) is 5.91 Å². The van der Waals surface area contributed by atoms with E-state index in [4.69, 9.17) is 4.74 Å². The van der Waals surface area contributed by atoms with E-state index in [1.807, 2.05) is 25.1 Å². The minimum Gasteiger partial charge on any atom is -0.497 e. The molecule has 6 heteroatoms. The first-order valence-corrected chi connectivity index (χ1v) is 7.13. The molecule has 0 radical (unpaired) electrons. The van der Waals surface area contributed by atoms with Crippen LogP contribution in [0.2, 0.25) is 0 Å². The Hall–Kier alpha value is -2.08. The molecule has 1 heterocycles. The number of hydrogen-bond donors (Lipinski definition) is 2. The first-order chi connectivity index (χ1) is 10.0. The summed E-state index contributed by atoms with van der Waals surface area (Å²) in [6.07, 6.45) is 1.56. The van der Waals surface area contributed by atoms with Crippen LogP contribution in [-0.2, 0) is 0 Å². The molecule has 110 valence electrons. The molecular weight excluding hydrogens is 334 g/mol. The molecule has 21 heavy (non-hydrogen) atoms. The molecule has 0 aliphatic heterocycles. The van der Waals surface area contributed by atoms with Gasteiger partial charge in [0.15, 0.2) is 0 Å². The van der Waals surface area contributed by atoms with Crippen molar-refractivity contribution in [3.8, 4) is 5.75 Å². The van der Waals surface area contributed by atoms with Crippen LogP contribution in [0.5, 0.6) is 5.75 Å². The first-order valence-electron chi connectivity index (χ1n) is 6.34. The summed E-state index contributed by atoms with van der Waals surface area (Å²) in [7, 11) is 3.35. The lowest BCUT2D eigenvalue weighted by molar-refractivity contribution is 0.102. The number of amides is 1. The summed E-state index contributed by atoms with van der Waals surface area (Å²) in [6, 6.07) is 7.21. The van der Waals surface area contributed by atoms with E-state index >= 15 is 0 Å². The molecule has 0 fully saturated rings. The molecule has 0 bridgehead atoms. The number of nitrogens with zero attached hydrogens (tertiary/aromatic N) is 1. The van der Waals surface area contributed by atoms with Crippen molar-refractivity contribution in [1.82, 2.24) is 4.98 Å². The van der Waals surface area contributed by atoms with Crippen molar-refractivity contribution >= 4 is 33.2 Å². The van der Waals surface area contributed by atoms with Crippen molar-refractivity contribution in [3.63, 3.8) is 0 Å². The predicted octanol–water partition coefficient (Wildman–Crippen LogP) is 3.46. The van der Waals surface area contributed by atoms with Crippen LogP contribution in [0, 0.1) is 6.92 Å². The van der Waals surface area contributed by atoms with Gasteiger partial charge in [0.05, 0.1) is 24.0 Å². The molecule has 0 atom stereocenters. The summed E-state index contributed by atoms with van der Waals surface area (Å²) in [4.78, 5) is 16.6. The Morgan fingerprint density at radius 2 is 2.05 bits per heavy atom. The van der Waals surface area contributed by atoms with E-state index in [-0.39, 0.29) is 5.91 Å². The van der Waals surface area contributed by atoms with Crippen LogP contribution in [0.1, 0.15) is 16.1 Å². The molecule has 0 saturated carbocycles. The number of rotatable bonds is 4. The van der Waals surface area contributed by atoms with Gasteiger partial charge in [-0.3, -0.25) is 9.78 Å². The minimum absolute atomic E-state index is 0.235. The van der Waals surface area contributed by atoms with Crippen molar-refractivity contribution in [3.05, 3.63) is 46.2 Å². The summed E-state index contributed by atoms with van der Waals surface area (Å²) in [5.41, 5.74) is 2.71. The zero-order valence-electron chi connectivity index (χ0n) is 12.0. The molecule has 2 rings (SSSR count). The number of methoxy groups -OCH3 is 1. The van der Waals surface area contributed by atoms with Crippen LogP contribution in [0.3, 0.4) is 0 Å². The number of aromatic nitrogens is 1. The van der Waals surface area contributed by atoms with Crippen molar-refractivity contribution in [2.24, 2.45) is 0 Å². The Morgan fingerprint density at radius 3 is 2.71 bits per heavy atom. The van der Waals surface area contributed by atoms with E-state index in [1.54, 1.807) is 26.4 Å².